The molecule has 5 aliphatic rings. The number of hydrogen-bond acceptors (Lipinski definition) is 4. The summed E-state index contributed by atoms with van der Waals surface area (Å²) < 4.78 is 19.0. The number of epoxide rings is 1. The third-order valence-electron chi connectivity index (χ3n) is 10.9. The molecule has 3 saturated carbocycles. The van der Waals surface area contributed by atoms with E-state index in [-0.39, 0.29) is 39.2 Å². The highest BCUT2D eigenvalue weighted by Crippen LogP contribution is 2.73. The summed E-state index contributed by atoms with van der Waals surface area (Å²) in [5, 5.41) is 10.4. The number of aliphatic hydroxyl groups excluding tert-OH is 1. The zero-order valence-electron chi connectivity index (χ0n) is 18.6. The summed E-state index contributed by atoms with van der Waals surface area (Å²) in [6.07, 6.45) is 9.92. The van der Waals surface area contributed by atoms with Crippen LogP contribution in [0.2, 0.25) is 0 Å². The van der Waals surface area contributed by atoms with E-state index in [9.17, 15) is 5.11 Å². The standard InChI is InChI=1S/C24H40O4/c1-19(2)10-13-24(26-14-15-27-24)21(19,4)12-11-20(3)8-7-18-23(28-18)16-17(25)6-9-22(20,23)5/h17-18,25H,6-16H2,1-5H3/t17-,18-,20+,21-,22+,23-/m0/s1. The first kappa shape index (κ1) is 19.8. The Balaban J connectivity index is 1.42. The Bertz CT molecular complexity index is 655. The van der Waals surface area contributed by atoms with Crippen molar-refractivity contribution in [3.8, 4) is 0 Å². The van der Waals surface area contributed by atoms with E-state index < -0.39 is 0 Å². The van der Waals surface area contributed by atoms with Gasteiger partial charge in [0, 0.05) is 23.7 Å². The predicted octanol–water partition coefficient (Wildman–Crippen LogP) is 4.82. The molecule has 3 aliphatic carbocycles. The van der Waals surface area contributed by atoms with Gasteiger partial charge in [-0.15, -0.1) is 0 Å². The molecule has 2 heterocycles. The monoisotopic (exact) mass is 392 g/mol. The van der Waals surface area contributed by atoms with Gasteiger partial charge in [-0.05, 0) is 55.8 Å². The Labute approximate surface area is 170 Å². The van der Waals surface area contributed by atoms with Gasteiger partial charge in [-0.2, -0.15) is 0 Å². The fraction of sp³-hybridized carbons (Fsp3) is 1.00. The summed E-state index contributed by atoms with van der Waals surface area (Å²) in [5.74, 6) is -0.387. The van der Waals surface area contributed by atoms with Crippen LogP contribution >= 0.6 is 0 Å². The van der Waals surface area contributed by atoms with Gasteiger partial charge in [0.15, 0.2) is 5.79 Å². The van der Waals surface area contributed by atoms with Crippen LogP contribution in [0.4, 0.5) is 0 Å². The van der Waals surface area contributed by atoms with Gasteiger partial charge in [-0.3, -0.25) is 0 Å². The number of aliphatic hydroxyl groups is 1. The van der Waals surface area contributed by atoms with Crippen molar-refractivity contribution < 1.29 is 19.3 Å². The highest BCUT2D eigenvalue weighted by atomic mass is 16.7. The molecule has 0 aromatic heterocycles. The Kier molecular flexibility index (Phi) is 4.06. The van der Waals surface area contributed by atoms with E-state index in [1.807, 2.05) is 0 Å². The lowest BCUT2D eigenvalue weighted by molar-refractivity contribution is -0.239. The van der Waals surface area contributed by atoms with Crippen molar-refractivity contribution in [2.75, 3.05) is 13.2 Å². The van der Waals surface area contributed by atoms with Crippen LogP contribution in [0.25, 0.3) is 0 Å². The fourth-order valence-corrected chi connectivity index (χ4v) is 7.98. The molecule has 0 radical (unpaired) electrons. The molecule has 2 aliphatic heterocycles. The van der Waals surface area contributed by atoms with E-state index in [2.05, 4.69) is 34.6 Å². The van der Waals surface area contributed by atoms with Crippen molar-refractivity contribution in [2.24, 2.45) is 21.7 Å². The Hall–Kier alpha value is -0.160. The Morgan fingerprint density at radius 3 is 2.29 bits per heavy atom. The minimum Gasteiger partial charge on any atom is -0.393 e. The lowest BCUT2D eigenvalue weighted by Gasteiger charge is -2.57. The smallest absolute Gasteiger partial charge is 0.174 e. The minimum absolute atomic E-state index is 0.0263. The third-order valence-corrected chi connectivity index (χ3v) is 10.9. The van der Waals surface area contributed by atoms with E-state index >= 15 is 0 Å². The van der Waals surface area contributed by atoms with Gasteiger partial charge in [-0.1, -0.05) is 34.6 Å². The Morgan fingerprint density at radius 2 is 1.57 bits per heavy atom. The first-order chi connectivity index (χ1) is 13.0. The van der Waals surface area contributed by atoms with Crippen LogP contribution in [-0.4, -0.2) is 41.9 Å². The summed E-state index contributed by atoms with van der Waals surface area (Å²) in [5.41, 5.74) is 0.566. The normalized spacial score (nSPS) is 53.8. The van der Waals surface area contributed by atoms with Crippen molar-refractivity contribution in [2.45, 2.75) is 116 Å². The average molecular weight is 393 g/mol. The van der Waals surface area contributed by atoms with Crippen LogP contribution in [-0.2, 0) is 14.2 Å². The zero-order valence-corrected chi connectivity index (χ0v) is 18.6. The molecular weight excluding hydrogens is 352 g/mol. The van der Waals surface area contributed by atoms with E-state index in [1.165, 1.54) is 19.3 Å². The fourth-order valence-electron chi connectivity index (χ4n) is 7.98. The second kappa shape index (κ2) is 5.75. The molecule has 5 rings (SSSR count). The van der Waals surface area contributed by atoms with Gasteiger partial charge in [-0.25, -0.2) is 0 Å². The molecule has 0 aromatic rings. The molecule has 4 nitrogen and oxygen atoms in total. The highest BCUT2D eigenvalue weighted by Gasteiger charge is 2.75. The summed E-state index contributed by atoms with van der Waals surface area (Å²) in [4.78, 5) is 0. The zero-order chi connectivity index (χ0) is 20.1. The van der Waals surface area contributed by atoms with Crippen molar-refractivity contribution >= 4 is 0 Å². The molecule has 0 unspecified atom stereocenters. The molecule has 5 fully saturated rings. The van der Waals surface area contributed by atoms with Gasteiger partial charge in [0.1, 0.15) is 5.60 Å². The van der Waals surface area contributed by atoms with Gasteiger partial charge in [0.05, 0.1) is 25.4 Å². The quantitative estimate of drug-likeness (QED) is 0.699. The van der Waals surface area contributed by atoms with Gasteiger partial charge >= 0.3 is 0 Å². The van der Waals surface area contributed by atoms with Crippen molar-refractivity contribution in [1.29, 1.82) is 0 Å². The molecule has 2 saturated heterocycles. The van der Waals surface area contributed by atoms with Gasteiger partial charge in [0.2, 0.25) is 0 Å². The van der Waals surface area contributed by atoms with Crippen LogP contribution in [0.5, 0.6) is 0 Å². The lowest BCUT2D eigenvalue weighted by atomic mass is 9.46. The van der Waals surface area contributed by atoms with E-state index in [0.717, 1.165) is 51.7 Å². The van der Waals surface area contributed by atoms with E-state index in [1.54, 1.807) is 0 Å². The third kappa shape index (κ3) is 2.22. The number of rotatable bonds is 3. The van der Waals surface area contributed by atoms with E-state index in [0.29, 0.717) is 6.10 Å². The van der Waals surface area contributed by atoms with Gasteiger partial charge < -0.3 is 19.3 Å². The molecule has 1 N–H and O–H groups in total. The summed E-state index contributed by atoms with van der Waals surface area (Å²) >= 11 is 0. The minimum atomic E-state index is -0.387. The van der Waals surface area contributed by atoms with Crippen LogP contribution in [0.3, 0.4) is 0 Å². The maximum absolute atomic E-state index is 10.4. The predicted molar refractivity (Wildman–Crippen MR) is 108 cm³/mol. The Morgan fingerprint density at radius 1 is 0.857 bits per heavy atom. The SMILES string of the molecule is CC1(C)CCC2(OCCO2)[C@@]1(C)CC[C@@]1(C)CC[C@@H]2O[C@@]23C[C@@H](O)CC[C@]13C. The second-order valence-electron chi connectivity index (χ2n) is 12.0. The molecule has 0 amide bonds. The number of hydrogen-bond donors (Lipinski definition) is 1. The molecule has 0 aromatic carbocycles. The van der Waals surface area contributed by atoms with Crippen molar-refractivity contribution in [3.05, 3.63) is 0 Å². The first-order valence-electron chi connectivity index (χ1n) is 11.7. The van der Waals surface area contributed by atoms with Crippen LogP contribution in [0.1, 0.15) is 92.4 Å². The topological polar surface area (TPSA) is 51.2 Å². The second-order valence-corrected chi connectivity index (χ2v) is 12.0. The van der Waals surface area contributed by atoms with Crippen LogP contribution in [0.15, 0.2) is 0 Å². The molecule has 6 atom stereocenters. The molecule has 28 heavy (non-hydrogen) atoms. The highest BCUT2D eigenvalue weighted by molar-refractivity contribution is 5.23. The average Bonchev–Trinajstić information content (AvgIpc) is 3.05. The number of ether oxygens (including phenoxy) is 3. The molecule has 4 heteroatoms. The first-order valence-corrected chi connectivity index (χ1v) is 11.7. The lowest BCUT2D eigenvalue weighted by Crippen LogP contribution is -2.57. The van der Waals surface area contributed by atoms with Crippen LogP contribution < -0.4 is 0 Å². The van der Waals surface area contributed by atoms with Crippen LogP contribution in [0, 0.1) is 21.7 Å². The van der Waals surface area contributed by atoms with Gasteiger partial charge in [0.25, 0.3) is 0 Å². The maximum Gasteiger partial charge on any atom is 0.174 e. The summed E-state index contributed by atoms with van der Waals surface area (Å²) in [6, 6.07) is 0. The largest absolute Gasteiger partial charge is 0.393 e. The molecule has 160 valence electrons. The summed E-state index contributed by atoms with van der Waals surface area (Å²) in [7, 11) is 0. The maximum atomic E-state index is 10.4. The van der Waals surface area contributed by atoms with Crippen molar-refractivity contribution in [1.82, 2.24) is 0 Å². The van der Waals surface area contributed by atoms with Crippen molar-refractivity contribution in [3.63, 3.8) is 0 Å². The summed E-state index contributed by atoms with van der Waals surface area (Å²) in [6.45, 7) is 13.7. The van der Waals surface area contributed by atoms with E-state index in [4.69, 9.17) is 14.2 Å². The molecule has 2 spiro atoms. The molecular formula is C24H40O4. The molecule has 0 bridgehead atoms.